The van der Waals surface area contributed by atoms with Gasteiger partial charge in [-0.3, -0.25) is 4.79 Å². The number of carbonyl (C=O) groups is 2. The lowest BCUT2D eigenvalue weighted by Crippen LogP contribution is -2.32. The molecule has 0 heterocycles. The monoisotopic (exact) mass is 227 g/mol. The molecule has 1 atom stereocenters. The molecule has 0 radical (unpaired) electrons. The third kappa shape index (κ3) is 4.96. The van der Waals surface area contributed by atoms with Crippen molar-refractivity contribution in [2.45, 2.75) is 33.6 Å². The predicted molar refractivity (Wildman–Crippen MR) is 62.9 cm³/mol. The fourth-order valence-electron chi connectivity index (χ4n) is 1.10. The molecule has 0 aromatic rings. The van der Waals surface area contributed by atoms with E-state index in [2.05, 4.69) is 11.9 Å². The highest BCUT2D eigenvalue weighted by Gasteiger charge is 2.21. The van der Waals surface area contributed by atoms with Crippen molar-refractivity contribution in [1.29, 1.82) is 0 Å². The van der Waals surface area contributed by atoms with E-state index >= 15 is 0 Å². The van der Waals surface area contributed by atoms with Gasteiger partial charge in [0.25, 0.3) is 0 Å². The molecule has 1 N–H and O–H groups in total. The zero-order valence-electron chi connectivity index (χ0n) is 10.3. The predicted octanol–water partition coefficient (Wildman–Crippen LogP) is 1.66. The lowest BCUT2D eigenvalue weighted by molar-refractivity contribution is -0.140. The molecular formula is C12H21NO3. The molecule has 1 unspecified atom stereocenters. The molecule has 0 spiro atoms. The maximum atomic E-state index is 11.6. The van der Waals surface area contributed by atoms with E-state index in [4.69, 9.17) is 4.74 Å². The second-order valence-electron chi connectivity index (χ2n) is 3.61. The number of esters is 1. The molecule has 0 bridgehead atoms. The smallest absolute Gasteiger partial charge is 0.334 e. The molecule has 1 amide bonds. The first-order valence-corrected chi connectivity index (χ1v) is 5.68. The van der Waals surface area contributed by atoms with Gasteiger partial charge in [0.1, 0.15) is 0 Å². The Morgan fingerprint density at radius 2 is 2.00 bits per heavy atom. The minimum Gasteiger partial charge on any atom is -0.463 e. The summed E-state index contributed by atoms with van der Waals surface area (Å²) < 4.78 is 4.78. The summed E-state index contributed by atoms with van der Waals surface area (Å²) in [7, 11) is 0. The van der Waals surface area contributed by atoms with Gasteiger partial charge in [0.2, 0.25) is 5.91 Å². The van der Waals surface area contributed by atoms with E-state index in [0.717, 1.165) is 12.8 Å². The van der Waals surface area contributed by atoms with Crippen molar-refractivity contribution >= 4 is 11.9 Å². The number of rotatable bonds is 7. The van der Waals surface area contributed by atoms with Crippen molar-refractivity contribution in [1.82, 2.24) is 5.32 Å². The third-order valence-corrected chi connectivity index (χ3v) is 2.28. The van der Waals surface area contributed by atoms with Crippen molar-refractivity contribution in [3.05, 3.63) is 12.2 Å². The fourth-order valence-corrected chi connectivity index (χ4v) is 1.10. The lowest BCUT2D eigenvalue weighted by Gasteiger charge is -2.13. The van der Waals surface area contributed by atoms with Crippen molar-refractivity contribution in [2.24, 2.45) is 5.92 Å². The molecular weight excluding hydrogens is 206 g/mol. The molecule has 92 valence electrons. The van der Waals surface area contributed by atoms with Crippen molar-refractivity contribution in [3.8, 4) is 0 Å². The number of hydrogen-bond donors (Lipinski definition) is 1. The summed E-state index contributed by atoms with van der Waals surface area (Å²) in [4.78, 5) is 22.9. The number of unbranched alkanes of at least 4 members (excludes halogenated alkanes) is 1. The highest BCUT2D eigenvalue weighted by Crippen LogP contribution is 2.10. The van der Waals surface area contributed by atoms with Gasteiger partial charge in [-0.15, -0.1) is 0 Å². The van der Waals surface area contributed by atoms with Crippen LogP contribution >= 0.6 is 0 Å². The van der Waals surface area contributed by atoms with Crippen LogP contribution in [0.25, 0.3) is 0 Å². The van der Waals surface area contributed by atoms with Crippen LogP contribution in [0.5, 0.6) is 0 Å². The first-order chi connectivity index (χ1) is 7.54. The Hall–Kier alpha value is -1.32. The van der Waals surface area contributed by atoms with Crippen LogP contribution in [0.3, 0.4) is 0 Å². The van der Waals surface area contributed by atoms with E-state index in [1.54, 1.807) is 13.8 Å². The molecule has 0 aromatic carbocycles. The molecule has 0 fully saturated rings. The molecule has 16 heavy (non-hydrogen) atoms. The van der Waals surface area contributed by atoms with Gasteiger partial charge in [0.15, 0.2) is 0 Å². The van der Waals surface area contributed by atoms with Crippen LogP contribution in [0.2, 0.25) is 0 Å². The first-order valence-electron chi connectivity index (χ1n) is 5.68. The highest BCUT2D eigenvalue weighted by molar-refractivity contribution is 5.96. The summed E-state index contributed by atoms with van der Waals surface area (Å²) in [6.45, 7) is 9.94. The SMILES string of the molecule is C=C(C(=O)OCC)C(C)C(=O)NCCCC. The molecule has 0 aliphatic rings. The van der Waals surface area contributed by atoms with Crippen molar-refractivity contribution in [3.63, 3.8) is 0 Å². The van der Waals surface area contributed by atoms with Gasteiger partial charge in [-0.25, -0.2) is 4.79 Å². The minimum absolute atomic E-state index is 0.175. The van der Waals surface area contributed by atoms with Crippen LogP contribution < -0.4 is 5.32 Å². The molecule has 0 rings (SSSR count). The normalized spacial score (nSPS) is 11.7. The fraction of sp³-hybridized carbons (Fsp3) is 0.667. The first kappa shape index (κ1) is 14.7. The topological polar surface area (TPSA) is 55.4 Å². The van der Waals surface area contributed by atoms with Gasteiger partial charge in [-0.2, -0.15) is 0 Å². The second kappa shape index (κ2) is 7.91. The van der Waals surface area contributed by atoms with Crippen LogP contribution in [0.4, 0.5) is 0 Å². The number of ether oxygens (including phenoxy) is 1. The van der Waals surface area contributed by atoms with E-state index in [9.17, 15) is 9.59 Å². The van der Waals surface area contributed by atoms with Crippen LogP contribution in [-0.4, -0.2) is 25.0 Å². The third-order valence-electron chi connectivity index (χ3n) is 2.28. The number of carbonyl (C=O) groups excluding carboxylic acids is 2. The van der Waals surface area contributed by atoms with Gasteiger partial charge in [0.05, 0.1) is 12.5 Å². The largest absolute Gasteiger partial charge is 0.463 e. The quantitative estimate of drug-likeness (QED) is 0.409. The maximum Gasteiger partial charge on any atom is 0.334 e. The van der Waals surface area contributed by atoms with E-state index in [0.29, 0.717) is 13.2 Å². The Kier molecular flexibility index (Phi) is 7.25. The summed E-state index contributed by atoms with van der Waals surface area (Å²) in [5.41, 5.74) is 0.204. The van der Waals surface area contributed by atoms with Crippen LogP contribution in [0, 0.1) is 5.92 Å². The highest BCUT2D eigenvalue weighted by atomic mass is 16.5. The molecule has 0 aliphatic carbocycles. The Morgan fingerprint density at radius 1 is 1.38 bits per heavy atom. The molecule has 0 aromatic heterocycles. The summed E-state index contributed by atoms with van der Waals surface area (Å²) >= 11 is 0. The standard InChI is InChI=1S/C12H21NO3/c1-5-7-8-13-11(14)9(3)10(4)12(15)16-6-2/h9H,4-8H2,1-3H3,(H,13,14). The Morgan fingerprint density at radius 3 is 2.50 bits per heavy atom. The lowest BCUT2D eigenvalue weighted by atomic mass is 10.0. The minimum atomic E-state index is -0.532. The molecule has 4 heteroatoms. The number of hydrogen-bond acceptors (Lipinski definition) is 3. The summed E-state index contributed by atoms with van der Waals surface area (Å²) in [6, 6.07) is 0. The van der Waals surface area contributed by atoms with Crippen molar-refractivity contribution in [2.75, 3.05) is 13.2 Å². The van der Waals surface area contributed by atoms with Gasteiger partial charge in [0, 0.05) is 12.1 Å². The second-order valence-corrected chi connectivity index (χ2v) is 3.61. The number of nitrogens with one attached hydrogen (secondary N) is 1. The van der Waals surface area contributed by atoms with Gasteiger partial charge in [-0.1, -0.05) is 19.9 Å². The Balaban J connectivity index is 4.11. The zero-order valence-corrected chi connectivity index (χ0v) is 10.3. The average Bonchev–Trinajstić information content (AvgIpc) is 2.27. The van der Waals surface area contributed by atoms with E-state index < -0.39 is 11.9 Å². The number of amides is 1. The van der Waals surface area contributed by atoms with Gasteiger partial charge < -0.3 is 10.1 Å². The summed E-state index contributed by atoms with van der Waals surface area (Å²) in [6.07, 6.45) is 1.96. The van der Waals surface area contributed by atoms with Crippen LogP contribution in [0.1, 0.15) is 33.6 Å². The van der Waals surface area contributed by atoms with E-state index in [1.807, 2.05) is 6.92 Å². The van der Waals surface area contributed by atoms with Crippen molar-refractivity contribution < 1.29 is 14.3 Å². The maximum absolute atomic E-state index is 11.6. The zero-order chi connectivity index (χ0) is 12.6. The molecule has 0 aliphatic heterocycles. The average molecular weight is 227 g/mol. The van der Waals surface area contributed by atoms with Gasteiger partial charge in [-0.05, 0) is 20.3 Å². The molecule has 0 saturated carbocycles. The molecule has 0 saturated heterocycles. The van der Waals surface area contributed by atoms with E-state index in [1.165, 1.54) is 0 Å². The van der Waals surface area contributed by atoms with Crippen LogP contribution in [0.15, 0.2) is 12.2 Å². The van der Waals surface area contributed by atoms with Crippen LogP contribution in [-0.2, 0) is 14.3 Å². The summed E-state index contributed by atoms with van der Waals surface area (Å²) in [5.74, 6) is -1.21. The van der Waals surface area contributed by atoms with E-state index in [-0.39, 0.29) is 11.5 Å². The summed E-state index contributed by atoms with van der Waals surface area (Å²) in [5, 5.41) is 2.75. The Labute approximate surface area is 97.1 Å². The molecule has 4 nitrogen and oxygen atoms in total. The van der Waals surface area contributed by atoms with Gasteiger partial charge >= 0.3 is 5.97 Å². The Bertz CT molecular complexity index is 261.